The largest absolute Gasteiger partial charge is 0.468 e. The highest BCUT2D eigenvalue weighted by molar-refractivity contribution is 7.90. The van der Waals surface area contributed by atoms with Crippen molar-refractivity contribution in [3.05, 3.63) is 84.1 Å². The Morgan fingerprint density at radius 2 is 1.62 bits per heavy atom. The summed E-state index contributed by atoms with van der Waals surface area (Å²) in [7, 11) is -7.82. The zero-order valence-electron chi connectivity index (χ0n) is 18.2. The number of rotatable bonds is 10. The molecule has 34 heavy (non-hydrogen) atoms. The molecular weight excluding hydrogens is 483 g/mol. The number of nitrogens with one attached hydrogen (secondary N) is 2. The fourth-order valence-electron chi connectivity index (χ4n) is 3.69. The molecule has 2 atom stereocenters. The van der Waals surface area contributed by atoms with E-state index in [-0.39, 0.29) is 34.7 Å². The minimum atomic E-state index is -4.02. The molecule has 1 aromatic heterocycles. The average molecular weight is 509 g/mol. The average Bonchev–Trinajstić information content (AvgIpc) is 3.53. The maximum absolute atomic E-state index is 13.2. The van der Waals surface area contributed by atoms with E-state index in [9.17, 15) is 21.2 Å². The van der Waals surface area contributed by atoms with E-state index in [0.717, 1.165) is 12.8 Å². The minimum Gasteiger partial charge on any atom is -0.468 e. The highest BCUT2D eigenvalue weighted by Crippen LogP contribution is 2.23. The first-order chi connectivity index (χ1) is 16.2. The first kappa shape index (κ1) is 24.6. The summed E-state index contributed by atoms with van der Waals surface area (Å²) in [5.74, 6) is 0.00427. The van der Waals surface area contributed by atoms with Crippen molar-refractivity contribution in [3.63, 3.8) is 0 Å². The molecule has 182 valence electrons. The second-order valence-electron chi connectivity index (χ2n) is 7.98. The third kappa shape index (κ3) is 6.10. The topological polar surface area (TPSA) is 115 Å². The summed E-state index contributed by atoms with van der Waals surface area (Å²) >= 11 is 0. The maximum Gasteiger partial charge on any atom is 0.241 e. The highest BCUT2D eigenvalue weighted by atomic mass is 32.2. The van der Waals surface area contributed by atoms with Crippen LogP contribution < -0.4 is 9.44 Å². The summed E-state index contributed by atoms with van der Waals surface area (Å²) in [6.45, 7) is 0.782. The molecule has 0 radical (unpaired) electrons. The Morgan fingerprint density at radius 1 is 0.941 bits per heavy atom. The van der Waals surface area contributed by atoms with Crippen LogP contribution in [0.5, 0.6) is 0 Å². The molecule has 0 spiro atoms. The van der Waals surface area contributed by atoms with Crippen LogP contribution in [0.2, 0.25) is 0 Å². The highest BCUT2D eigenvalue weighted by Gasteiger charge is 2.25. The van der Waals surface area contributed by atoms with E-state index in [1.807, 2.05) is 0 Å². The van der Waals surface area contributed by atoms with E-state index in [4.69, 9.17) is 9.15 Å². The second-order valence-corrected chi connectivity index (χ2v) is 11.5. The van der Waals surface area contributed by atoms with Crippen LogP contribution >= 0.6 is 0 Å². The Balaban J connectivity index is 1.49. The van der Waals surface area contributed by atoms with Crippen LogP contribution in [-0.2, 0) is 31.2 Å². The van der Waals surface area contributed by atoms with E-state index in [1.54, 1.807) is 24.3 Å². The van der Waals surface area contributed by atoms with Crippen molar-refractivity contribution in [2.45, 2.75) is 41.2 Å². The SMILES string of the molecule is O=S(=O)(NCC1CCCO1)c1ccc(S(=O)(=O)NC(Cc2ccc(F)cc2)c2ccco2)cc1. The van der Waals surface area contributed by atoms with Crippen LogP contribution in [0.15, 0.2) is 81.1 Å². The van der Waals surface area contributed by atoms with Gasteiger partial charge in [0.05, 0.1) is 28.2 Å². The first-order valence-electron chi connectivity index (χ1n) is 10.7. The number of hydrogen-bond acceptors (Lipinski definition) is 6. The number of sulfonamides is 2. The maximum atomic E-state index is 13.2. The standard InChI is InChI=1S/C23H25FN2O6S2/c24-18-7-5-17(6-8-18)15-22(23-4-2-14-32-23)26-34(29,30)21-11-9-20(10-12-21)33(27,28)25-16-19-3-1-13-31-19/h2,4-12,14,19,22,25-26H,1,3,13,15-16H2. The lowest BCUT2D eigenvalue weighted by Crippen LogP contribution is -2.32. The Labute approximate surface area is 198 Å². The summed E-state index contributed by atoms with van der Waals surface area (Å²) in [5, 5.41) is 0. The molecule has 1 aliphatic rings. The zero-order valence-corrected chi connectivity index (χ0v) is 19.8. The molecule has 2 unspecified atom stereocenters. The zero-order chi connectivity index (χ0) is 24.2. The monoisotopic (exact) mass is 508 g/mol. The van der Waals surface area contributed by atoms with E-state index >= 15 is 0 Å². The summed E-state index contributed by atoms with van der Waals surface area (Å²) in [5.41, 5.74) is 0.712. The van der Waals surface area contributed by atoms with Crippen molar-refractivity contribution < 1.29 is 30.4 Å². The molecule has 1 fully saturated rings. The minimum absolute atomic E-state index is 0.0432. The molecule has 2 N–H and O–H groups in total. The van der Waals surface area contributed by atoms with Gasteiger partial charge in [0.25, 0.3) is 0 Å². The van der Waals surface area contributed by atoms with Gasteiger partial charge in [0.2, 0.25) is 20.0 Å². The number of ether oxygens (including phenoxy) is 1. The number of hydrogen-bond donors (Lipinski definition) is 2. The van der Waals surface area contributed by atoms with Gasteiger partial charge in [-0.1, -0.05) is 12.1 Å². The van der Waals surface area contributed by atoms with Crippen molar-refractivity contribution in [2.24, 2.45) is 0 Å². The molecule has 4 rings (SSSR count). The van der Waals surface area contributed by atoms with Crippen LogP contribution in [-0.4, -0.2) is 36.1 Å². The molecule has 0 aliphatic carbocycles. The molecule has 3 aromatic rings. The third-order valence-corrected chi connectivity index (χ3v) is 8.43. The molecule has 2 aromatic carbocycles. The second kappa shape index (κ2) is 10.4. The molecule has 0 bridgehead atoms. The molecule has 8 nitrogen and oxygen atoms in total. The van der Waals surface area contributed by atoms with Gasteiger partial charge < -0.3 is 9.15 Å². The summed E-state index contributed by atoms with van der Waals surface area (Å²) in [4.78, 5) is -0.139. The smallest absolute Gasteiger partial charge is 0.241 e. The van der Waals surface area contributed by atoms with E-state index in [1.165, 1.54) is 42.7 Å². The lowest BCUT2D eigenvalue weighted by Gasteiger charge is -2.17. The van der Waals surface area contributed by atoms with Gasteiger partial charge in [-0.3, -0.25) is 0 Å². The fraction of sp³-hybridized carbons (Fsp3) is 0.304. The van der Waals surface area contributed by atoms with Crippen LogP contribution in [0, 0.1) is 5.82 Å². The predicted octanol–water partition coefficient (Wildman–Crippen LogP) is 3.14. The Morgan fingerprint density at radius 3 is 2.21 bits per heavy atom. The molecule has 2 heterocycles. The Hall–Kier alpha value is -2.57. The van der Waals surface area contributed by atoms with E-state index in [2.05, 4.69) is 9.44 Å². The van der Waals surface area contributed by atoms with E-state index in [0.29, 0.717) is 17.9 Å². The van der Waals surface area contributed by atoms with Gasteiger partial charge in [-0.25, -0.2) is 30.7 Å². The normalized spacial score (nSPS) is 17.6. The summed E-state index contributed by atoms with van der Waals surface area (Å²) in [6, 6.07) is 13.2. The van der Waals surface area contributed by atoms with Gasteiger partial charge in [-0.15, -0.1) is 0 Å². The Kier molecular flexibility index (Phi) is 7.48. The van der Waals surface area contributed by atoms with Crippen LogP contribution in [0.4, 0.5) is 4.39 Å². The van der Waals surface area contributed by atoms with Crippen molar-refractivity contribution in [2.75, 3.05) is 13.2 Å². The van der Waals surface area contributed by atoms with Crippen LogP contribution in [0.25, 0.3) is 0 Å². The first-order valence-corrected chi connectivity index (χ1v) is 13.7. The lowest BCUT2D eigenvalue weighted by molar-refractivity contribution is 0.114. The number of halogens is 1. The van der Waals surface area contributed by atoms with E-state index < -0.39 is 26.1 Å². The van der Waals surface area contributed by atoms with Crippen molar-refractivity contribution in [3.8, 4) is 0 Å². The molecule has 11 heteroatoms. The third-order valence-electron chi connectivity index (χ3n) is 5.51. The number of furan rings is 1. The summed E-state index contributed by atoms with van der Waals surface area (Å²) < 4.78 is 80.4. The molecule has 0 amide bonds. The van der Waals surface area contributed by atoms with Crippen molar-refractivity contribution in [1.29, 1.82) is 0 Å². The van der Waals surface area contributed by atoms with Gasteiger partial charge in [-0.05, 0) is 73.4 Å². The van der Waals surface area contributed by atoms with Gasteiger partial charge in [0.1, 0.15) is 11.6 Å². The quantitative estimate of drug-likeness (QED) is 0.435. The fourth-order valence-corrected chi connectivity index (χ4v) is 5.96. The molecule has 1 aliphatic heterocycles. The molecule has 1 saturated heterocycles. The van der Waals surface area contributed by atoms with Gasteiger partial charge in [-0.2, -0.15) is 0 Å². The summed E-state index contributed by atoms with van der Waals surface area (Å²) in [6.07, 6.45) is 3.20. The lowest BCUT2D eigenvalue weighted by atomic mass is 10.0. The van der Waals surface area contributed by atoms with Crippen LogP contribution in [0.3, 0.4) is 0 Å². The van der Waals surface area contributed by atoms with Gasteiger partial charge in [0, 0.05) is 13.2 Å². The van der Waals surface area contributed by atoms with Crippen molar-refractivity contribution in [1.82, 2.24) is 9.44 Å². The number of benzene rings is 2. The molecule has 0 saturated carbocycles. The van der Waals surface area contributed by atoms with Gasteiger partial charge >= 0.3 is 0 Å². The molecular formula is C23H25FN2O6S2. The van der Waals surface area contributed by atoms with Crippen molar-refractivity contribution >= 4 is 20.0 Å². The predicted molar refractivity (Wildman–Crippen MR) is 122 cm³/mol. The van der Waals surface area contributed by atoms with Crippen LogP contribution in [0.1, 0.15) is 30.2 Å². The van der Waals surface area contributed by atoms with Gasteiger partial charge in [0.15, 0.2) is 0 Å². The Bertz CT molecular complexity index is 1290.